The van der Waals surface area contributed by atoms with E-state index in [1.165, 1.54) is 6.07 Å². The molecule has 1 aromatic rings. The van der Waals surface area contributed by atoms with Crippen molar-refractivity contribution in [1.29, 1.82) is 0 Å². The molecule has 0 fully saturated rings. The molecular weight excluding hydrogens is 218 g/mol. The molecule has 1 unspecified atom stereocenters. The second-order valence-corrected chi connectivity index (χ2v) is 3.62. The van der Waals surface area contributed by atoms with Crippen LogP contribution in [0.25, 0.3) is 0 Å². The van der Waals surface area contributed by atoms with Gasteiger partial charge in [0.05, 0.1) is 4.92 Å². The largest absolute Gasteiger partial charge is 0.377 e. The Labute approximate surface area is 92.6 Å². The average molecular weight is 230 g/mol. The molecule has 0 saturated carbocycles. The van der Waals surface area contributed by atoms with E-state index in [1.54, 1.807) is 0 Å². The summed E-state index contributed by atoms with van der Waals surface area (Å²) in [5.74, 6) is 0. The average Bonchev–Trinajstić information content (AvgIpc) is 2.17. The molecule has 6 heteroatoms. The third-order valence-corrected chi connectivity index (χ3v) is 2.27. The van der Waals surface area contributed by atoms with Crippen LogP contribution in [0.5, 0.6) is 0 Å². The van der Waals surface area contributed by atoms with Gasteiger partial charge in [-0.1, -0.05) is 18.5 Å². The molecule has 5 nitrogen and oxygen atoms in total. The highest BCUT2D eigenvalue weighted by Gasteiger charge is 2.15. The zero-order valence-electron chi connectivity index (χ0n) is 8.53. The summed E-state index contributed by atoms with van der Waals surface area (Å²) >= 11 is 5.67. The number of nitro groups is 1. The Morgan fingerprint density at radius 2 is 2.40 bits per heavy atom. The Balaban J connectivity index is 3.02. The number of nitrogens with one attached hydrogen (secondary N) is 1. The van der Waals surface area contributed by atoms with Gasteiger partial charge in [-0.05, 0) is 13.3 Å². The maximum absolute atomic E-state index is 10.7. The van der Waals surface area contributed by atoms with Gasteiger partial charge >= 0.3 is 5.69 Å². The standard InChI is InChI=1S/C9H12ClN3O2/c1-3-6(2)12-7-4-9(10)11-5-8(7)13(14)15/h4-6H,3H2,1-2H3,(H,11,12). The first-order chi connectivity index (χ1) is 7.04. The molecule has 0 bridgehead atoms. The monoisotopic (exact) mass is 229 g/mol. The number of aromatic nitrogens is 1. The lowest BCUT2D eigenvalue weighted by Crippen LogP contribution is -2.14. The lowest BCUT2D eigenvalue weighted by atomic mass is 10.2. The smallest absolute Gasteiger partial charge is 0.310 e. The number of rotatable bonds is 4. The molecule has 1 atom stereocenters. The lowest BCUT2D eigenvalue weighted by Gasteiger charge is -2.12. The zero-order valence-corrected chi connectivity index (χ0v) is 9.28. The predicted octanol–water partition coefficient (Wildman–Crippen LogP) is 2.85. The lowest BCUT2D eigenvalue weighted by molar-refractivity contribution is -0.384. The third kappa shape index (κ3) is 3.06. The van der Waals surface area contributed by atoms with Gasteiger partial charge in [0.1, 0.15) is 17.0 Å². The number of hydrogen-bond donors (Lipinski definition) is 1. The molecule has 0 saturated heterocycles. The Bertz CT molecular complexity index is 370. The van der Waals surface area contributed by atoms with Gasteiger partial charge in [-0.2, -0.15) is 0 Å². The van der Waals surface area contributed by atoms with Crippen LogP contribution in [-0.4, -0.2) is 15.9 Å². The zero-order chi connectivity index (χ0) is 11.4. The fraction of sp³-hybridized carbons (Fsp3) is 0.444. The Hall–Kier alpha value is -1.36. The SMILES string of the molecule is CCC(C)Nc1cc(Cl)ncc1[N+](=O)[O-]. The molecule has 0 aliphatic heterocycles. The summed E-state index contributed by atoms with van der Waals surface area (Å²) in [5.41, 5.74) is 0.356. The number of nitrogens with zero attached hydrogens (tertiary/aromatic N) is 2. The molecule has 0 spiro atoms. The van der Waals surface area contributed by atoms with Crippen molar-refractivity contribution in [1.82, 2.24) is 4.98 Å². The predicted molar refractivity (Wildman–Crippen MR) is 59.3 cm³/mol. The maximum atomic E-state index is 10.7. The fourth-order valence-corrected chi connectivity index (χ4v) is 1.21. The molecule has 1 rings (SSSR count). The van der Waals surface area contributed by atoms with Crippen LogP contribution in [0.4, 0.5) is 11.4 Å². The third-order valence-electron chi connectivity index (χ3n) is 2.06. The summed E-state index contributed by atoms with van der Waals surface area (Å²) in [6, 6.07) is 1.62. The topological polar surface area (TPSA) is 68.1 Å². The van der Waals surface area contributed by atoms with E-state index in [2.05, 4.69) is 10.3 Å². The van der Waals surface area contributed by atoms with Crippen molar-refractivity contribution in [2.45, 2.75) is 26.3 Å². The molecule has 0 aromatic carbocycles. The van der Waals surface area contributed by atoms with Crippen molar-refractivity contribution >= 4 is 23.0 Å². The van der Waals surface area contributed by atoms with Crippen molar-refractivity contribution in [3.05, 3.63) is 27.5 Å². The molecule has 1 N–H and O–H groups in total. The molecule has 1 heterocycles. The first-order valence-electron chi connectivity index (χ1n) is 4.61. The highest BCUT2D eigenvalue weighted by molar-refractivity contribution is 6.29. The Morgan fingerprint density at radius 1 is 1.73 bits per heavy atom. The number of anilines is 1. The molecule has 0 radical (unpaired) electrons. The van der Waals surface area contributed by atoms with Gasteiger partial charge in [0.15, 0.2) is 0 Å². The summed E-state index contributed by atoms with van der Waals surface area (Å²) in [6.07, 6.45) is 2.03. The van der Waals surface area contributed by atoms with E-state index < -0.39 is 4.92 Å². The first kappa shape index (κ1) is 11.7. The van der Waals surface area contributed by atoms with Crippen LogP contribution < -0.4 is 5.32 Å². The second-order valence-electron chi connectivity index (χ2n) is 3.23. The number of pyridine rings is 1. The van der Waals surface area contributed by atoms with Crippen molar-refractivity contribution in [3.63, 3.8) is 0 Å². The van der Waals surface area contributed by atoms with E-state index >= 15 is 0 Å². The molecule has 0 amide bonds. The van der Waals surface area contributed by atoms with Gasteiger partial charge in [0, 0.05) is 12.1 Å². The molecule has 1 aromatic heterocycles. The van der Waals surface area contributed by atoms with E-state index in [4.69, 9.17) is 11.6 Å². The van der Waals surface area contributed by atoms with Crippen molar-refractivity contribution in [2.24, 2.45) is 0 Å². The fourth-order valence-electron chi connectivity index (χ4n) is 1.05. The van der Waals surface area contributed by atoms with Gasteiger partial charge in [-0.25, -0.2) is 4.98 Å². The normalized spacial score (nSPS) is 12.2. The number of hydrogen-bond acceptors (Lipinski definition) is 4. The minimum Gasteiger partial charge on any atom is -0.377 e. The van der Waals surface area contributed by atoms with Crippen molar-refractivity contribution in [2.75, 3.05) is 5.32 Å². The minimum atomic E-state index is -0.478. The van der Waals surface area contributed by atoms with Crippen LogP contribution >= 0.6 is 11.6 Å². The van der Waals surface area contributed by atoms with Gasteiger partial charge in [-0.15, -0.1) is 0 Å². The van der Waals surface area contributed by atoms with Crippen LogP contribution in [0.1, 0.15) is 20.3 Å². The summed E-state index contributed by atoms with van der Waals surface area (Å²) in [5, 5.41) is 13.9. The van der Waals surface area contributed by atoms with Crippen LogP contribution in [-0.2, 0) is 0 Å². The highest BCUT2D eigenvalue weighted by atomic mass is 35.5. The van der Waals surface area contributed by atoms with Crippen molar-refractivity contribution in [3.8, 4) is 0 Å². The summed E-state index contributed by atoms with van der Waals surface area (Å²) in [6.45, 7) is 3.93. The molecule has 82 valence electrons. The van der Waals surface area contributed by atoms with Gasteiger partial charge in [0.25, 0.3) is 0 Å². The second kappa shape index (κ2) is 4.93. The van der Waals surface area contributed by atoms with Gasteiger partial charge in [0.2, 0.25) is 0 Å². The molecule has 0 aliphatic rings. The van der Waals surface area contributed by atoms with Gasteiger partial charge < -0.3 is 5.32 Å². The highest BCUT2D eigenvalue weighted by Crippen LogP contribution is 2.26. The van der Waals surface area contributed by atoms with Gasteiger partial charge in [-0.3, -0.25) is 10.1 Å². The summed E-state index contributed by atoms with van der Waals surface area (Å²) in [7, 11) is 0. The Morgan fingerprint density at radius 3 is 2.93 bits per heavy atom. The molecule has 15 heavy (non-hydrogen) atoms. The van der Waals surface area contributed by atoms with E-state index in [1.807, 2.05) is 13.8 Å². The van der Waals surface area contributed by atoms with E-state index in [0.717, 1.165) is 12.6 Å². The van der Waals surface area contributed by atoms with Crippen LogP contribution in [0.3, 0.4) is 0 Å². The van der Waals surface area contributed by atoms with Crippen LogP contribution in [0.2, 0.25) is 5.15 Å². The van der Waals surface area contributed by atoms with Crippen molar-refractivity contribution < 1.29 is 4.92 Å². The van der Waals surface area contributed by atoms with E-state index in [9.17, 15) is 10.1 Å². The summed E-state index contributed by atoms with van der Waals surface area (Å²) < 4.78 is 0. The number of halogens is 1. The first-order valence-corrected chi connectivity index (χ1v) is 4.98. The summed E-state index contributed by atoms with van der Waals surface area (Å²) in [4.78, 5) is 13.9. The van der Waals surface area contributed by atoms with E-state index in [0.29, 0.717) is 5.69 Å². The molecular formula is C9H12ClN3O2. The molecule has 0 aliphatic carbocycles. The minimum absolute atomic E-state index is 0.0558. The van der Waals surface area contributed by atoms with Crippen LogP contribution in [0.15, 0.2) is 12.3 Å². The van der Waals surface area contributed by atoms with Crippen LogP contribution in [0, 0.1) is 10.1 Å². The Kier molecular flexibility index (Phi) is 3.85. The van der Waals surface area contributed by atoms with E-state index in [-0.39, 0.29) is 16.9 Å². The maximum Gasteiger partial charge on any atom is 0.310 e. The quantitative estimate of drug-likeness (QED) is 0.490.